The highest BCUT2D eigenvalue weighted by Gasteiger charge is 2.42. The number of nitrogens with one attached hydrogen (secondary N) is 1. The summed E-state index contributed by atoms with van der Waals surface area (Å²) in [6.07, 6.45) is 1.80. The molecule has 0 bridgehead atoms. The number of thiocarbonyl (C=S) groups is 1. The van der Waals surface area contributed by atoms with Crippen LogP contribution in [0.5, 0.6) is 5.75 Å². The van der Waals surface area contributed by atoms with E-state index in [1.165, 1.54) is 0 Å². The van der Waals surface area contributed by atoms with Crippen LogP contribution in [0.3, 0.4) is 0 Å². The predicted molar refractivity (Wildman–Crippen MR) is 149 cm³/mol. The number of phenolic OH excluding ortho intramolecular Hbond substituents is 1. The molecule has 2 N–H and O–H groups in total. The van der Waals surface area contributed by atoms with E-state index in [1.807, 2.05) is 35.8 Å². The topological polar surface area (TPSA) is 53.3 Å². The van der Waals surface area contributed by atoms with E-state index in [-0.39, 0.29) is 17.8 Å². The number of aromatic nitrogens is 2. The molecule has 1 aliphatic rings. The molecule has 0 saturated carbocycles. The predicted octanol–water partition coefficient (Wildman–Crippen LogP) is 7.10. The van der Waals surface area contributed by atoms with E-state index >= 15 is 0 Å². The van der Waals surface area contributed by atoms with Crippen molar-refractivity contribution in [2.75, 3.05) is 4.90 Å². The van der Waals surface area contributed by atoms with E-state index in [0.29, 0.717) is 15.8 Å². The SMILES string of the molecule is Cc1cc(N2C(=S)N[C@H](c3ccccn3)[C@@H]2c2cc(C)n(-c3cc(Cl)ccc3O)c2C)ccc1Br. The van der Waals surface area contributed by atoms with Gasteiger partial charge < -0.3 is 19.9 Å². The molecule has 35 heavy (non-hydrogen) atoms. The molecule has 0 spiro atoms. The van der Waals surface area contributed by atoms with Gasteiger partial charge in [-0.2, -0.15) is 0 Å². The van der Waals surface area contributed by atoms with Crippen LogP contribution in [-0.4, -0.2) is 19.8 Å². The molecule has 1 saturated heterocycles. The van der Waals surface area contributed by atoms with Crippen molar-refractivity contribution in [1.82, 2.24) is 14.9 Å². The van der Waals surface area contributed by atoms with Crippen molar-refractivity contribution in [2.45, 2.75) is 32.9 Å². The quantitative estimate of drug-likeness (QED) is 0.258. The first-order valence-electron chi connectivity index (χ1n) is 11.2. The summed E-state index contributed by atoms with van der Waals surface area (Å²) in [5.74, 6) is 0.171. The molecular formula is C27H24BrClN4OS. The first-order valence-corrected chi connectivity index (χ1v) is 12.8. The molecule has 0 aliphatic carbocycles. The molecule has 8 heteroatoms. The van der Waals surface area contributed by atoms with Gasteiger partial charge in [-0.25, -0.2) is 0 Å². The lowest BCUT2D eigenvalue weighted by Crippen LogP contribution is -2.29. The largest absolute Gasteiger partial charge is 0.506 e. The van der Waals surface area contributed by atoms with Crippen molar-refractivity contribution in [3.05, 3.63) is 105 Å². The molecule has 5 rings (SSSR count). The van der Waals surface area contributed by atoms with Crippen molar-refractivity contribution >= 4 is 50.5 Å². The summed E-state index contributed by atoms with van der Waals surface area (Å²) >= 11 is 15.8. The Bertz CT molecular complexity index is 1440. The van der Waals surface area contributed by atoms with Crippen molar-refractivity contribution < 1.29 is 5.11 Å². The second-order valence-corrected chi connectivity index (χ2v) is 10.4. The molecule has 5 nitrogen and oxygen atoms in total. The van der Waals surface area contributed by atoms with Gasteiger partial charge in [-0.15, -0.1) is 0 Å². The van der Waals surface area contributed by atoms with E-state index in [4.69, 9.17) is 23.8 Å². The molecule has 178 valence electrons. The molecular weight excluding hydrogens is 544 g/mol. The van der Waals surface area contributed by atoms with Gasteiger partial charge in [0.2, 0.25) is 0 Å². The average Bonchev–Trinajstić information content (AvgIpc) is 3.33. The maximum absolute atomic E-state index is 10.6. The highest BCUT2D eigenvalue weighted by Crippen LogP contribution is 2.44. The van der Waals surface area contributed by atoms with Crippen LogP contribution in [0.4, 0.5) is 5.69 Å². The van der Waals surface area contributed by atoms with Gasteiger partial charge in [0.25, 0.3) is 0 Å². The van der Waals surface area contributed by atoms with E-state index in [1.54, 1.807) is 24.4 Å². The van der Waals surface area contributed by atoms with Gasteiger partial charge in [-0.05, 0) is 98.7 Å². The minimum absolute atomic E-state index is 0.153. The first-order chi connectivity index (χ1) is 16.8. The summed E-state index contributed by atoms with van der Waals surface area (Å²) in [7, 11) is 0. The average molecular weight is 568 g/mol. The van der Waals surface area contributed by atoms with Crippen LogP contribution in [0.2, 0.25) is 5.02 Å². The van der Waals surface area contributed by atoms with Crippen molar-refractivity contribution in [3.63, 3.8) is 0 Å². The van der Waals surface area contributed by atoms with Gasteiger partial charge in [0.15, 0.2) is 5.11 Å². The third kappa shape index (κ3) is 4.22. The summed E-state index contributed by atoms with van der Waals surface area (Å²) in [6.45, 7) is 6.16. The van der Waals surface area contributed by atoms with E-state index in [9.17, 15) is 5.11 Å². The Kier molecular flexibility index (Phi) is 6.34. The number of aromatic hydroxyl groups is 1. The monoisotopic (exact) mass is 566 g/mol. The molecule has 2 atom stereocenters. The van der Waals surface area contributed by atoms with Crippen LogP contribution >= 0.6 is 39.7 Å². The Hall–Kier alpha value is -2.87. The normalized spacial score (nSPS) is 17.6. The lowest BCUT2D eigenvalue weighted by molar-refractivity contribution is 0.471. The van der Waals surface area contributed by atoms with Crippen LogP contribution in [0, 0.1) is 20.8 Å². The van der Waals surface area contributed by atoms with Gasteiger partial charge >= 0.3 is 0 Å². The van der Waals surface area contributed by atoms with Crippen LogP contribution in [0.15, 0.2) is 71.3 Å². The van der Waals surface area contributed by atoms with Crippen LogP contribution in [0.1, 0.15) is 40.3 Å². The van der Waals surface area contributed by atoms with Gasteiger partial charge in [0, 0.05) is 32.8 Å². The summed E-state index contributed by atoms with van der Waals surface area (Å²) in [5, 5.41) is 15.4. The molecule has 4 aromatic rings. The number of pyridine rings is 1. The Morgan fingerprint density at radius 1 is 1.06 bits per heavy atom. The van der Waals surface area contributed by atoms with Crippen molar-refractivity contribution in [1.29, 1.82) is 0 Å². The lowest BCUT2D eigenvalue weighted by atomic mass is 9.96. The summed E-state index contributed by atoms with van der Waals surface area (Å²) in [5.41, 5.74) is 6.75. The molecule has 1 fully saturated rings. The Morgan fingerprint density at radius 3 is 2.57 bits per heavy atom. The number of rotatable bonds is 4. The highest BCUT2D eigenvalue weighted by atomic mass is 79.9. The second kappa shape index (κ2) is 9.30. The second-order valence-electron chi connectivity index (χ2n) is 8.73. The smallest absolute Gasteiger partial charge is 0.174 e. The Morgan fingerprint density at radius 2 is 1.86 bits per heavy atom. The standard InChI is InChI=1S/C27H24BrClN4OS/c1-15-12-19(8-9-21(15)28)33-26(25(31-27(33)35)22-6-4-5-11-30-22)20-13-16(2)32(17(20)3)23-14-18(29)7-10-24(23)34/h4-14,25-26,34H,1-3H3,(H,31,35)/t25-,26+/m1/s1. The number of phenols is 1. The fourth-order valence-electron chi connectivity index (χ4n) is 4.86. The lowest BCUT2D eigenvalue weighted by Gasteiger charge is -2.28. The first kappa shape index (κ1) is 23.9. The molecule has 3 heterocycles. The van der Waals surface area contributed by atoms with Gasteiger partial charge in [0.05, 0.1) is 23.5 Å². The van der Waals surface area contributed by atoms with Gasteiger partial charge in [0.1, 0.15) is 5.75 Å². The Balaban J connectivity index is 1.71. The number of hydrogen-bond acceptors (Lipinski definition) is 3. The number of hydrogen-bond donors (Lipinski definition) is 2. The fraction of sp³-hybridized carbons (Fsp3) is 0.185. The molecule has 0 amide bonds. The number of halogens is 2. The van der Waals surface area contributed by atoms with E-state index in [0.717, 1.165) is 38.4 Å². The molecule has 0 unspecified atom stereocenters. The fourth-order valence-corrected chi connectivity index (χ4v) is 5.62. The molecule has 2 aromatic heterocycles. The number of aryl methyl sites for hydroxylation is 2. The summed E-state index contributed by atoms with van der Waals surface area (Å²) < 4.78 is 3.09. The molecule has 1 aliphatic heterocycles. The zero-order chi connectivity index (χ0) is 24.9. The summed E-state index contributed by atoms with van der Waals surface area (Å²) in [6, 6.07) is 19.1. The van der Waals surface area contributed by atoms with Crippen molar-refractivity contribution in [2.24, 2.45) is 0 Å². The van der Waals surface area contributed by atoms with Crippen LogP contribution in [-0.2, 0) is 0 Å². The molecule has 2 aromatic carbocycles. The molecule has 0 radical (unpaired) electrons. The maximum atomic E-state index is 10.6. The zero-order valence-corrected chi connectivity index (χ0v) is 22.6. The van der Waals surface area contributed by atoms with Crippen LogP contribution < -0.4 is 10.2 Å². The number of nitrogens with zero attached hydrogens (tertiary/aromatic N) is 3. The zero-order valence-electron chi connectivity index (χ0n) is 19.5. The third-order valence-corrected chi connectivity index (χ3v) is 7.92. The summed E-state index contributed by atoms with van der Waals surface area (Å²) in [4.78, 5) is 6.82. The van der Waals surface area contributed by atoms with E-state index < -0.39 is 0 Å². The minimum atomic E-state index is -0.158. The third-order valence-electron chi connectivity index (χ3n) is 6.49. The number of benzene rings is 2. The van der Waals surface area contributed by atoms with E-state index in [2.05, 4.69) is 63.2 Å². The minimum Gasteiger partial charge on any atom is -0.506 e. The van der Waals surface area contributed by atoms with Gasteiger partial charge in [-0.3, -0.25) is 4.98 Å². The highest BCUT2D eigenvalue weighted by molar-refractivity contribution is 9.10. The van der Waals surface area contributed by atoms with Crippen molar-refractivity contribution in [3.8, 4) is 11.4 Å². The van der Waals surface area contributed by atoms with Gasteiger partial charge in [-0.1, -0.05) is 33.6 Å². The Labute approximate surface area is 223 Å². The van der Waals surface area contributed by atoms with Crippen LogP contribution in [0.25, 0.3) is 5.69 Å². The number of anilines is 1. The maximum Gasteiger partial charge on any atom is 0.174 e.